The van der Waals surface area contributed by atoms with Crippen LogP contribution < -0.4 is 4.74 Å². The molecule has 4 heteroatoms. The summed E-state index contributed by atoms with van der Waals surface area (Å²) in [5.41, 5.74) is 0.826. The summed E-state index contributed by atoms with van der Waals surface area (Å²) >= 11 is 0. The van der Waals surface area contributed by atoms with Gasteiger partial charge in [0, 0.05) is 6.04 Å². The molecular formula is C12H20N2O2. The Morgan fingerprint density at radius 2 is 2.19 bits per heavy atom. The smallest absolute Gasteiger partial charge is 0.162 e. The lowest BCUT2D eigenvalue weighted by Crippen LogP contribution is -2.13. The average Bonchev–Trinajstić information content (AvgIpc) is 2.82. The normalized spacial score (nSPS) is 25.9. The van der Waals surface area contributed by atoms with Crippen LogP contribution in [0.4, 0.5) is 0 Å². The van der Waals surface area contributed by atoms with Gasteiger partial charge in [-0.3, -0.25) is 4.68 Å². The first-order valence-corrected chi connectivity index (χ1v) is 5.85. The molecule has 1 aromatic rings. The zero-order chi connectivity index (χ0) is 11.9. The standard InChI is InChI=1S/C12H20N2O2/c1-7(2)14-11(10(16-4)6-13-14)12(15)9-5-8(9)3/h6-9,12,15H,5H2,1-4H3. The summed E-state index contributed by atoms with van der Waals surface area (Å²) in [4.78, 5) is 0. The predicted octanol–water partition coefficient (Wildman–Crippen LogP) is 2.16. The lowest BCUT2D eigenvalue weighted by Gasteiger charge is -2.17. The molecule has 3 unspecified atom stereocenters. The van der Waals surface area contributed by atoms with E-state index in [1.54, 1.807) is 13.3 Å². The van der Waals surface area contributed by atoms with Crippen molar-refractivity contribution in [1.82, 2.24) is 9.78 Å². The molecule has 0 radical (unpaired) electrons. The highest BCUT2D eigenvalue weighted by atomic mass is 16.5. The fourth-order valence-electron chi connectivity index (χ4n) is 2.20. The molecule has 16 heavy (non-hydrogen) atoms. The molecule has 3 atom stereocenters. The monoisotopic (exact) mass is 224 g/mol. The third-order valence-electron chi connectivity index (χ3n) is 3.37. The van der Waals surface area contributed by atoms with Crippen LogP contribution in [0.3, 0.4) is 0 Å². The maximum Gasteiger partial charge on any atom is 0.162 e. The van der Waals surface area contributed by atoms with Crippen molar-refractivity contribution >= 4 is 0 Å². The van der Waals surface area contributed by atoms with Gasteiger partial charge in [-0.15, -0.1) is 0 Å². The fourth-order valence-corrected chi connectivity index (χ4v) is 2.20. The van der Waals surface area contributed by atoms with Crippen LogP contribution in [-0.4, -0.2) is 22.0 Å². The van der Waals surface area contributed by atoms with E-state index >= 15 is 0 Å². The zero-order valence-corrected chi connectivity index (χ0v) is 10.3. The summed E-state index contributed by atoms with van der Waals surface area (Å²) in [7, 11) is 1.62. The number of aliphatic hydroxyl groups is 1. The van der Waals surface area contributed by atoms with Gasteiger partial charge in [-0.1, -0.05) is 6.92 Å². The Bertz CT molecular complexity index is 373. The summed E-state index contributed by atoms with van der Waals surface area (Å²) in [6.45, 7) is 6.27. The van der Waals surface area contributed by atoms with Crippen LogP contribution in [0.2, 0.25) is 0 Å². The number of aromatic nitrogens is 2. The Morgan fingerprint density at radius 1 is 1.56 bits per heavy atom. The SMILES string of the molecule is COc1cnn(C(C)C)c1C(O)C1CC1C. The van der Waals surface area contributed by atoms with Crippen LogP contribution in [0.1, 0.15) is 45.0 Å². The average molecular weight is 224 g/mol. The molecule has 1 N–H and O–H groups in total. The van der Waals surface area contributed by atoms with E-state index in [9.17, 15) is 5.11 Å². The molecule has 1 fully saturated rings. The minimum atomic E-state index is -0.449. The summed E-state index contributed by atoms with van der Waals surface area (Å²) in [6.07, 6.45) is 2.33. The van der Waals surface area contributed by atoms with Gasteiger partial charge in [0.2, 0.25) is 0 Å². The van der Waals surface area contributed by atoms with Gasteiger partial charge in [0.1, 0.15) is 11.8 Å². The Morgan fingerprint density at radius 3 is 2.62 bits per heavy atom. The minimum Gasteiger partial charge on any atom is -0.493 e. The van der Waals surface area contributed by atoms with Crippen molar-refractivity contribution in [3.05, 3.63) is 11.9 Å². The van der Waals surface area contributed by atoms with Crippen molar-refractivity contribution in [3.8, 4) is 5.75 Å². The molecule has 1 heterocycles. The molecule has 0 spiro atoms. The highest BCUT2D eigenvalue weighted by Gasteiger charge is 2.42. The molecule has 90 valence electrons. The molecule has 0 amide bonds. The number of hydrogen-bond donors (Lipinski definition) is 1. The molecular weight excluding hydrogens is 204 g/mol. The number of aliphatic hydroxyl groups excluding tert-OH is 1. The van der Waals surface area contributed by atoms with Crippen molar-refractivity contribution in [3.63, 3.8) is 0 Å². The number of hydrogen-bond acceptors (Lipinski definition) is 3. The number of ether oxygens (including phenoxy) is 1. The summed E-state index contributed by atoms with van der Waals surface area (Å²) in [6, 6.07) is 0.239. The van der Waals surface area contributed by atoms with Crippen molar-refractivity contribution in [2.24, 2.45) is 11.8 Å². The number of methoxy groups -OCH3 is 1. The lowest BCUT2D eigenvalue weighted by atomic mass is 10.1. The highest BCUT2D eigenvalue weighted by Crippen LogP contribution is 2.48. The Balaban J connectivity index is 2.32. The Labute approximate surface area is 96.2 Å². The van der Waals surface area contributed by atoms with Gasteiger partial charge in [-0.05, 0) is 32.1 Å². The molecule has 0 aliphatic heterocycles. The predicted molar refractivity (Wildman–Crippen MR) is 61.4 cm³/mol. The maximum absolute atomic E-state index is 10.3. The van der Waals surface area contributed by atoms with Crippen molar-refractivity contribution in [1.29, 1.82) is 0 Å². The molecule has 2 rings (SSSR count). The second kappa shape index (κ2) is 4.09. The van der Waals surface area contributed by atoms with E-state index in [1.807, 2.05) is 4.68 Å². The van der Waals surface area contributed by atoms with E-state index in [-0.39, 0.29) is 6.04 Å². The molecule has 4 nitrogen and oxygen atoms in total. The van der Waals surface area contributed by atoms with E-state index in [4.69, 9.17) is 4.74 Å². The van der Waals surface area contributed by atoms with Crippen molar-refractivity contribution in [2.45, 2.75) is 39.3 Å². The van der Waals surface area contributed by atoms with E-state index in [0.29, 0.717) is 17.6 Å². The van der Waals surface area contributed by atoms with Gasteiger partial charge in [-0.25, -0.2) is 0 Å². The summed E-state index contributed by atoms with van der Waals surface area (Å²) in [5.74, 6) is 1.67. The van der Waals surface area contributed by atoms with Gasteiger partial charge in [-0.2, -0.15) is 5.10 Å². The van der Waals surface area contributed by atoms with Gasteiger partial charge >= 0.3 is 0 Å². The molecule has 1 saturated carbocycles. The molecule has 0 bridgehead atoms. The first kappa shape index (κ1) is 11.5. The first-order chi connectivity index (χ1) is 7.56. The van der Waals surface area contributed by atoms with E-state index in [0.717, 1.165) is 12.1 Å². The number of nitrogens with zero attached hydrogens (tertiary/aromatic N) is 2. The lowest BCUT2D eigenvalue weighted by molar-refractivity contribution is 0.132. The largest absolute Gasteiger partial charge is 0.493 e. The van der Waals surface area contributed by atoms with Gasteiger partial charge in [0.15, 0.2) is 5.75 Å². The van der Waals surface area contributed by atoms with E-state index in [2.05, 4.69) is 25.9 Å². The highest BCUT2D eigenvalue weighted by molar-refractivity contribution is 5.29. The molecule has 0 saturated heterocycles. The molecule has 1 aromatic heterocycles. The van der Waals surface area contributed by atoms with Gasteiger partial charge in [0.25, 0.3) is 0 Å². The van der Waals surface area contributed by atoms with E-state index in [1.165, 1.54) is 0 Å². The molecule has 0 aromatic carbocycles. The zero-order valence-electron chi connectivity index (χ0n) is 10.3. The molecule has 1 aliphatic rings. The summed E-state index contributed by atoms with van der Waals surface area (Å²) in [5, 5.41) is 14.6. The van der Waals surface area contributed by atoms with Crippen LogP contribution >= 0.6 is 0 Å². The fraction of sp³-hybridized carbons (Fsp3) is 0.750. The maximum atomic E-state index is 10.3. The van der Waals surface area contributed by atoms with Crippen LogP contribution in [-0.2, 0) is 0 Å². The van der Waals surface area contributed by atoms with Crippen molar-refractivity contribution in [2.75, 3.05) is 7.11 Å². The topological polar surface area (TPSA) is 47.3 Å². The Kier molecular flexibility index (Phi) is 2.93. The summed E-state index contributed by atoms with van der Waals surface area (Å²) < 4.78 is 7.12. The quantitative estimate of drug-likeness (QED) is 0.852. The second-order valence-corrected chi connectivity index (χ2v) is 4.96. The third-order valence-corrected chi connectivity index (χ3v) is 3.37. The third kappa shape index (κ3) is 1.82. The van der Waals surface area contributed by atoms with Crippen LogP contribution in [0.25, 0.3) is 0 Å². The van der Waals surface area contributed by atoms with Crippen molar-refractivity contribution < 1.29 is 9.84 Å². The Hall–Kier alpha value is -1.03. The second-order valence-electron chi connectivity index (χ2n) is 4.96. The van der Waals surface area contributed by atoms with Crippen LogP contribution in [0.5, 0.6) is 5.75 Å². The van der Waals surface area contributed by atoms with Crippen LogP contribution in [0.15, 0.2) is 6.20 Å². The van der Waals surface area contributed by atoms with E-state index < -0.39 is 6.10 Å². The minimum absolute atomic E-state index is 0.239. The number of rotatable bonds is 4. The van der Waals surface area contributed by atoms with Crippen LogP contribution in [0, 0.1) is 11.8 Å². The molecule has 1 aliphatic carbocycles. The van der Waals surface area contributed by atoms with Gasteiger partial charge < -0.3 is 9.84 Å². The first-order valence-electron chi connectivity index (χ1n) is 5.85. The van der Waals surface area contributed by atoms with Gasteiger partial charge in [0.05, 0.1) is 13.3 Å².